The van der Waals surface area contributed by atoms with Crippen LogP contribution in [0.15, 0.2) is 46.8 Å². The molecule has 1 aliphatic rings. The van der Waals surface area contributed by atoms with Gasteiger partial charge in [-0.1, -0.05) is 35.9 Å². The van der Waals surface area contributed by atoms with Crippen molar-refractivity contribution in [3.05, 3.63) is 69.1 Å². The fraction of sp³-hybridized carbons (Fsp3) is 0.238. The first-order valence-electron chi connectivity index (χ1n) is 8.64. The summed E-state index contributed by atoms with van der Waals surface area (Å²) in [5.41, 5.74) is 5.38. The minimum Gasteiger partial charge on any atom is -0.239 e. The Hall–Kier alpha value is -1.80. The normalized spacial score (nSPS) is 13.2. The van der Waals surface area contributed by atoms with Crippen LogP contribution >= 0.6 is 34.7 Å². The molecule has 1 aliphatic carbocycles. The van der Waals surface area contributed by atoms with Crippen LogP contribution < -0.4 is 0 Å². The molecule has 3 aromatic rings. The lowest BCUT2D eigenvalue weighted by Crippen LogP contribution is -2.10. The van der Waals surface area contributed by atoms with E-state index in [9.17, 15) is 5.26 Å². The van der Waals surface area contributed by atoms with Gasteiger partial charge in [0.05, 0.1) is 16.1 Å². The van der Waals surface area contributed by atoms with E-state index in [0.717, 1.165) is 46.1 Å². The van der Waals surface area contributed by atoms with E-state index >= 15 is 0 Å². The van der Waals surface area contributed by atoms with Crippen molar-refractivity contribution in [1.82, 2.24) is 4.98 Å². The summed E-state index contributed by atoms with van der Waals surface area (Å²) in [6.45, 7) is 0. The van der Waals surface area contributed by atoms with Gasteiger partial charge in [0.25, 0.3) is 0 Å². The van der Waals surface area contributed by atoms with Gasteiger partial charge in [0.2, 0.25) is 0 Å². The van der Waals surface area contributed by atoms with Crippen LogP contribution in [0.2, 0.25) is 5.02 Å². The number of pyridine rings is 1. The molecule has 0 radical (unpaired) electrons. The van der Waals surface area contributed by atoms with Gasteiger partial charge in [-0.15, -0.1) is 23.1 Å². The minimum atomic E-state index is 0.712. The van der Waals surface area contributed by atoms with Gasteiger partial charge in [0, 0.05) is 10.8 Å². The third-order valence-electron chi connectivity index (χ3n) is 4.67. The average molecular weight is 397 g/mol. The summed E-state index contributed by atoms with van der Waals surface area (Å²) in [5.74, 6) is 0.712. The summed E-state index contributed by atoms with van der Waals surface area (Å²) in [7, 11) is 0. The molecule has 5 heteroatoms. The third-order valence-corrected chi connectivity index (χ3v) is 6.94. The van der Waals surface area contributed by atoms with Crippen LogP contribution in [0, 0.1) is 11.3 Å². The van der Waals surface area contributed by atoms with Crippen LogP contribution in [0.25, 0.3) is 10.6 Å². The van der Waals surface area contributed by atoms with Crippen molar-refractivity contribution in [1.29, 1.82) is 5.26 Å². The van der Waals surface area contributed by atoms with Crippen molar-refractivity contribution in [2.75, 3.05) is 0 Å². The molecule has 0 aliphatic heterocycles. The number of fused-ring (bicyclic) bond motifs is 1. The molecule has 2 aromatic heterocycles. The summed E-state index contributed by atoms with van der Waals surface area (Å²) < 4.78 is 0. The van der Waals surface area contributed by atoms with Crippen molar-refractivity contribution in [2.45, 2.75) is 36.5 Å². The lowest BCUT2D eigenvalue weighted by molar-refractivity contribution is 0.678. The van der Waals surface area contributed by atoms with Crippen LogP contribution in [-0.2, 0) is 18.6 Å². The van der Waals surface area contributed by atoms with E-state index in [2.05, 4.69) is 23.6 Å². The SMILES string of the molecule is N#Cc1c(SCc2ccccc2Cl)nc(-c2cccs2)c2c1CCCC2. The summed E-state index contributed by atoms with van der Waals surface area (Å²) in [6, 6.07) is 14.5. The predicted octanol–water partition coefficient (Wildman–Crippen LogP) is 6.51. The topological polar surface area (TPSA) is 36.7 Å². The van der Waals surface area contributed by atoms with Gasteiger partial charge in [0.15, 0.2) is 0 Å². The van der Waals surface area contributed by atoms with E-state index < -0.39 is 0 Å². The van der Waals surface area contributed by atoms with Crippen molar-refractivity contribution in [3.63, 3.8) is 0 Å². The second-order valence-electron chi connectivity index (χ2n) is 6.27. The molecule has 26 heavy (non-hydrogen) atoms. The van der Waals surface area contributed by atoms with Gasteiger partial charge < -0.3 is 0 Å². The molecule has 0 unspecified atom stereocenters. The van der Waals surface area contributed by atoms with Gasteiger partial charge in [-0.2, -0.15) is 5.26 Å². The van der Waals surface area contributed by atoms with Crippen LogP contribution in [0.5, 0.6) is 0 Å². The van der Waals surface area contributed by atoms with Crippen molar-refractivity contribution in [3.8, 4) is 16.6 Å². The molecule has 0 bridgehead atoms. The maximum Gasteiger partial charge on any atom is 0.115 e. The van der Waals surface area contributed by atoms with Gasteiger partial charge in [-0.3, -0.25) is 0 Å². The zero-order valence-corrected chi connectivity index (χ0v) is 16.6. The van der Waals surface area contributed by atoms with E-state index in [1.54, 1.807) is 23.1 Å². The first kappa shape index (κ1) is 17.6. The minimum absolute atomic E-state index is 0.712. The molecule has 0 spiro atoms. The molecule has 2 heterocycles. The standard InChI is InChI=1S/C21H17ClN2S2/c22-18-9-4-1-6-14(18)13-26-21-17(12-23)15-7-2-3-8-16(15)20(24-21)19-10-5-11-25-19/h1,4-6,9-11H,2-3,7-8,13H2. The fourth-order valence-electron chi connectivity index (χ4n) is 3.39. The Morgan fingerprint density at radius 2 is 1.92 bits per heavy atom. The van der Waals surface area contributed by atoms with Crippen LogP contribution in [-0.4, -0.2) is 4.98 Å². The highest BCUT2D eigenvalue weighted by atomic mass is 35.5. The Balaban J connectivity index is 1.77. The van der Waals surface area contributed by atoms with E-state index in [-0.39, 0.29) is 0 Å². The summed E-state index contributed by atoms with van der Waals surface area (Å²) in [6.07, 6.45) is 4.30. The second kappa shape index (κ2) is 7.84. The molecule has 0 fully saturated rings. The van der Waals surface area contributed by atoms with Gasteiger partial charge in [-0.25, -0.2) is 4.98 Å². The van der Waals surface area contributed by atoms with Crippen molar-refractivity contribution in [2.24, 2.45) is 0 Å². The van der Waals surface area contributed by atoms with Crippen LogP contribution in [0.4, 0.5) is 0 Å². The number of benzene rings is 1. The van der Waals surface area contributed by atoms with E-state index in [1.807, 2.05) is 24.3 Å². The summed E-state index contributed by atoms with van der Waals surface area (Å²) in [4.78, 5) is 6.14. The Bertz CT molecular complexity index is 974. The quantitative estimate of drug-likeness (QED) is 0.472. The Kier molecular flexibility index (Phi) is 5.31. The maximum absolute atomic E-state index is 9.82. The molecule has 4 rings (SSSR count). The van der Waals surface area contributed by atoms with Crippen LogP contribution in [0.1, 0.15) is 35.1 Å². The highest BCUT2D eigenvalue weighted by Crippen LogP contribution is 2.39. The van der Waals surface area contributed by atoms with E-state index in [1.165, 1.54) is 22.4 Å². The second-order valence-corrected chi connectivity index (χ2v) is 8.59. The molecule has 0 atom stereocenters. The largest absolute Gasteiger partial charge is 0.239 e. The Labute approximate surface area is 166 Å². The van der Waals surface area contributed by atoms with Gasteiger partial charge in [-0.05, 0) is 59.9 Å². The van der Waals surface area contributed by atoms with Gasteiger partial charge in [0.1, 0.15) is 11.1 Å². The molecule has 0 saturated heterocycles. The smallest absolute Gasteiger partial charge is 0.115 e. The lowest BCUT2D eigenvalue weighted by atomic mass is 9.88. The molecule has 0 N–H and O–H groups in total. The van der Waals surface area contributed by atoms with Crippen LogP contribution in [0.3, 0.4) is 0 Å². The zero-order valence-electron chi connectivity index (χ0n) is 14.2. The average Bonchev–Trinajstić information content (AvgIpc) is 3.21. The number of nitriles is 1. The van der Waals surface area contributed by atoms with E-state index in [4.69, 9.17) is 16.6 Å². The summed E-state index contributed by atoms with van der Waals surface area (Å²) >= 11 is 9.62. The highest BCUT2D eigenvalue weighted by Gasteiger charge is 2.23. The number of halogens is 1. The Morgan fingerprint density at radius 3 is 2.65 bits per heavy atom. The molecule has 130 valence electrons. The molecular weight excluding hydrogens is 380 g/mol. The number of hydrogen-bond acceptors (Lipinski definition) is 4. The molecular formula is C21H17ClN2S2. The third kappa shape index (κ3) is 3.40. The van der Waals surface area contributed by atoms with Crippen molar-refractivity contribution < 1.29 is 0 Å². The highest BCUT2D eigenvalue weighted by molar-refractivity contribution is 7.98. The number of thioether (sulfide) groups is 1. The number of rotatable bonds is 4. The lowest BCUT2D eigenvalue weighted by Gasteiger charge is -2.21. The predicted molar refractivity (Wildman–Crippen MR) is 110 cm³/mol. The van der Waals surface area contributed by atoms with Gasteiger partial charge >= 0.3 is 0 Å². The van der Waals surface area contributed by atoms with E-state index in [0.29, 0.717) is 5.75 Å². The molecule has 1 aromatic carbocycles. The Morgan fingerprint density at radius 1 is 1.12 bits per heavy atom. The number of thiophene rings is 1. The van der Waals surface area contributed by atoms with Crippen molar-refractivity contribution >= 4 is 34.7 Å². The molecule has 2 nitrogen and oxygen atoms in total. The monoisotopic (exact) mass is 396 g/mol. The first-order chi connectivity index (χ1) is 12.8. The molecule has 0 saturated carbocycles. The zero-order chi connectivity index (χ0) is 17.9. The fourth-order valence-corrected chi connectivity index (χ4v) is 5.43. The number of hydrogen-bond donors (Lipinski definition) is 0. The summed E-state index contributed by atoms with van der Waals surface area (Å²) in [5, 5.41) is 13.5. The molecule has 0 amide bonds. The number of nitrogens with zero attached hydrogens (tertiary/aromatic N) is 2. The number of aromatic nitrogens is 1. The maximum atomic E-state index is 9.82. The first-order valence-corrected chi connectivity index (χ1v) is 10.9.